The average molecular weight is 385 g/mol. The fraction of sp³-hybridized carbons (Fsp3) is 0.765. The van der Waals surface area contributed by atoms with Crippen molar-refractivity contribution in [1.29, 1.82) is 0 Å². The van der Waals surface area contributed by atoms with Gasteiger partial charge in [0, 0.05) is 35.2 Å². The van der Waals surface area contributed by atoms with Gasteiger partial charge in [-0.05, 0) is 19.8 Å². The van der Waals surface area contributed by atoms with Crippen LogP contribution in [0.5, 0.6) is 0 Å². The van der Waals surface area contributed by atoms with Gasteiger partial charge in [0.2, 0.25) is 5.91 Å². The van der Waals surface area contributed by atoms with E-state index in [2.05, 4.69) is 5.32 Å². The molecule has 8 nitrogen and oxygen atoms in total. The monoisotopic (exact) mass is 385 g/mol. The number of hydrogen-bond acceptors (Lipinski definition) is 7. The van der Waals surface area contributed by atoms with E-state index in [0.29, 0.717) is 17.9 Å². The minimum absolute atomic E-state index is 0.0693. The molecule has 6 N–H and O–H groups in total. The Bertz CT molecular complexity index is 626. The molecule has 0 saturated carbocycles. The summed E-state index contributed by atoms with van der Waals surface area (Å²) >= 11 is 1.51. The Balaban J connectivity index is 1.73. The molecule has 2 saturated heterocycles. The largest absolute Gasteiger partial charge is 0.477 e. The third-order valence-electron chi connectivity index (χ3n) is 5.62. The van der Waals surface area contributed by atoms with E-state index in [1.54, 1.807) is 6.92 Å². The molecule has 146 valence electrons. The van der Waals surface area contributed by atoms with Crippen LogP contribution in [-0.4, -0.2) is 74.7 Å². The van der Waals surface area contributed by atoms with Crippen LogP contribution in [0.1, 0.15) is 26.7 Å². The predicted octanol–water partition coefficient (Wildman–Crippen LogP) is -0.686. The van der Waals surface area contributed by atoms with E-state index in [9.17, 15) is 24.9 Å². The quantitative estimate of drug-likeness (QED) is 0.364. The second-order valence-corrected chi connectivity index (χ2v) is 8.82. The van der Waals surface area contributed by atoms with E-state index in [1.165, 1.54) is 16.7 Å². The number of nitrogens with one attached hydrogen (secondary N) is 1. The van der Waals surface area contributed by atoms with Crippen LogP contribution >= 0.6 is 11.8 Å². The smallest absolute Gasteiger partial charge is 0.353 e. The molecule has 0 aliphatic carbocycles. The van der Waals surface area contributed by atoms with E-state index >= 15 is 0 Å². The van der Waals surface area contributed by atoms with Crippen molar-refractivity contribution in [2.75, 3.05) is 13.1 Å². The van der Waals surface area contributed by atoms with Crippen LogP contribution in [0.25, 0.3) is 0 Å². The van der Waals surface area contributed by atoms with E-state index in [1.807, 2.05) is 6.92 Å². The number of carbonyl (C=O) groups excluding carboxylic acids is 1. The summed E-state index contributed by atoms with van der Waals surface area (Å²) in [6, 6.07) is -0.124. The van der Waals surface area contributed by atoms with Crippen LogP contribution in [0.2, 0.25) is 0 Å². The number of carboxylic acids is 1. The maximum atomic E-state index is 12.3. The fourth-order valence-electron chi connectivity index (χ4n) is 4.33. The zero-order valence-corrected chi connectivity index (χ0v) is 15.8. The molecule has 2 fully saturated rings. The SMILES string of the molecule is C[C@@H](O)[C@H]1C(=O)N2C(C(=O)O)=C(S[C@@H]3CN[C@H](C[C@H](O)CN)C3)[C@H](C)[C@H]12. The van der Waals surface area contributed by atoms with Gasteiger partial charge in [0.1, 0.15) is 5.70 Å². The number of hydrogen-bond donors (Lipinski definition) is 5. The lowest BCUT2D eigenvalue weighted by molar-refractivity contribution is -0.163. The Hall–Kier alpha value is -1.13. The first-order chi connectivity index (χ1) is 12.3. The molecule has 0 bridgehead atoms. The number of aliphatic carboxylic acids is 1. The Morgan fingerprint density at radius 2 is 2.15 bits per heavy atom. The number of β-lactam (4-membered cyclic amide) rings is 1. The summed E-state index contributed by atoms with van der Waals surface area (Å²) in [5.74, 6) is -2.05. The second kappa shape index (κ2) is 7.47. The number of rotatable bonds is 7. The molecule has 0 spiro atoms. The van der Waals surface area contributed by atoms with Gasteiger partial charge in [-0.15, -0.1) is 11.8 Å². The van der Waals surface area contributed by atoms with Crippen molar-refractivity contribution in [1.82, 2.24) is 10.2 Å². The van der Waals surface area contributed by atoms with Crippen molar-refractivity contribution in [3.8, 4) is 0 Å². The molecule has 1 amide bonds. The third kappa shape index (κ3) is 3.27. The number of nitrogens with two attached hydrogens (primary N) is 1. The lowest BCUT2D eigenvalue weighted by Gasteiger charge is -2.46. The molecule has 0 aromatic carbocycles. The Morgan fingerprint density at radius 1 is 1.46 bits per heavy atom. The minimum Gasteiger partial charge on any atom is -0.477 e. The first-order valence-corrected chi connectivity index (χ1v) is 9.91. The average Bonchev–Trinajstić information content (AvgIpc) is 3.09. The minimum atomic E-state index is -1.10. The normalized spacial score (nSPS) is 36.1. The zero-order chi connectivity index (χ0) is 19.2. The van der Waals surface area contributed by atoms with Gasteiger partial charge in [0.25, 0.3) is 0 Å². The molecule has 3 rings (SSSR count). The number of aliphatic hydroxyl groups is 2. The summed E-state index contributed by atoms with van der Waals surface area (Å²) in [5, 5.41) is 32.8. The number of carboxylic acid groups (broad SMARTS) is 1. The molecule has 0 unspecified atom stereocenters. The van der Waals surface area contributed by atoms with Gasteiger partial charge in [-0.25, -0.2) is 4.79 Å². The molecule has 7 atom stereocenters. The van der Waals surface area contributed by atoms with E-state index in [-0.39, 0.29) is 41.4 Å². The lowest BCUT2D eigenvalue weighted by Crippen LogP contribution is -2.63. The number of carbonyl (C=O) groups is 2. The molecule has 0 radical (unpaired) electrons. The molecular weight excluding hydrogens is 358 g/mol. The highest BCUT2D eigenvalue weighted by molar-refractivity contribution is 8.03. The van der Waals surface area contributed by atoms with E-state index < -0.39 is 24.1 Å². The van der Waals surface area contributed by atoms with Crippen LogP contribution < -0.4 is 11.1 Å². The number of nitrogens with zero attached hydrogens (tertiary/aromatic N) is 1. The van der Waals surface area contributed by atoms with Gasteiger partial charge in [-0.1, -0.05) is 6.92 Å². The summed E-state index contributed by atoms with van der Waals surface area (Å²) in [4.78, 5) is 26.2. The summed E-state index contributed by atoms with van der Waals surface area (Å²) in [6.07, 6.45) is 0.0527. The predicted molar refractivity (Wildman–Crippen MR) is 97.1 cm³/mol. The van der Waals surface area contributed by atoms with Gasteiger partial charge >= 0.3 is 5.97 Å². The molecule has 3 heterocycles. The topological polar surface area (TPSA) is 136 Å². The van der Waals surface area contributed by atoms with Gasteiger partial charge < -0.3 is 31.3 Å². The summed E-state index contributed by atoms with van der Waals surface area (Å²) in [6.45, 7) is 4.44. The van der Waals surface area contributed by atoms with E-state index in [4.69, 9.17) is 5.73 Å². The maximum Gasteiger partial charge on any atom is 0.353 e. The second-order valence-electron chi connectivity index (χ2n) is 7.48. The lowest BCUT2D eigenvalue weighted by atomic mass is 9.79. The highest BCUT2D eigenvalue weighted by Gasteiger charge is 2.60. The highest BCUT2D eigenvalue weighted by Crippen LogP contribution is 2.51. The Kier molecular flexibility index (Phi) is 5.64. The van der Waals surface area contributed by atoms with Gasteiger partial charge in [0.05, 0.1) is 24.2 Å². The zero-order valence-electron chi connectivity index (χ0n) is 15.0. The van der Waals surface area contributed by atoms with Gasteiger partial charge in [-0.3, -0.25) is 4.79 Å². The summed E-state index contributed by atoms with van der Waals surface area (Å²) in [7, 11) is 0. The highest BCUT2D eigenvalue weighted by atomic mass is 32.2. The number of aliphatic hydroxyl groups excluding tert-OH is 2. The molecule has 9 heteroatoms. The standard InChI is InChI=1S/C17H27N3O5S/c1-7-13-12(8(2)21)16(23)20(13)14(17(24)25)15(7)26-11-4-9(19-6-11)3-10(22)5-18/h7-13,19,21-22H,3-6,18H2,1-2H3,(H,24,25)/t7-,8-,9-,10+,11+,12-,13-/m1/s1. The summed E-state index contributed by atoms with van der Waals surface area (Å²) in [5.41, 5.74) is 5.53. The van der Waals surface area contributed by atoms with Gasteiger partial charge in [-0.2, -0.15) is 0 Å². The molecule has 3 aliphatic rings. The Labute approximate surface area is 156 Å². The molecule has 0 aromatic heterocycles. The molecule has 0 aromatic rings. The number of amides is 1. The first kappa shape index (κ1) is 19.6. The third-order valence-corrected chi connectivity index (χ3v) is 7.13. The first-order valence-electron chi connectivity index (χ1n) is 9.03. The molecule has 3 aliphatic heterocycles. The molecular formula is C17H27N3O5S. The maximum absolute atomic E-state index is 12.3. The van der Waals surface area contributed by atoms with Crippen molar-refractivity contribution in [3.63, 3.8) is 0 Å². The van der Waals surface area contributed by atoms with E-state index in [0.717, 1.165) is 6.42 Å². The van der Waals surface area contributed by atoms with Crippen LogP contribution in [0.3, 0.4) is 0 Å². The van der Waals surface area contributed by atoms with Crippen LogP contribution in [0.15, 0.2) is 10.6 Å². The van der Waals surface area contributed by atoms with Crippen molar-refractivity contribution in [3.05, 3.63) is 10.6 Å². The Morgan fingerprint density at radius 3 is 2.73 bits per heavy atom. The van der Waals surface area contributed by atoms with Crippen LogP contribution in [0.4, 0.5) is 0 Å². The van der Waals surface area contributed by atoms with Crippen LogP contribution in [0, 0.1) is 11.8 Å². The number of thioether (sulfide) groups is 1. The van der Waals surface area contributed by atoms with Crippen molar-refractivity contribution >= 4 is 23.6 Å². The van der Waals surface area contributed by atoms with Crippen LogP contribution in [-0.2, 0) is 9.59 Å². The number of fused-ring (bicyclic) bond motifs is 1. The van der Waals surface area contributed by atoms with Crippen molar-refractivity contribution < 1.29 is 24.9 Å². The summed E-state index contributed by atoms with van der Waals surface area (Å²) < 4.78 is 0. The van der Waals surface area contributed by atoms with Crippen molar-refractivity contribution in [2.45, 2.75) is 56.2 Å². The molecule has 26 heavy (non-hydrogen) atoms. The fourth-order valence-corrected chi connectivity index (χ4v) is 5.85. The van der Waals surface area contributed by atoms with Gasteiger partial charge in [0.15, 0.2) is 0 Å². The van der Waals surface area contributed by atoms with Crippen molar-refractivity contribution in [2.24, 2.45) is 17.6 Å².